The normalized spacial score (nSPS) is 13.3. The van der Waals surface area contributed by atoms with Crippen molar-refractivity contribution < 1.29 is 13.5 Å². The summed E-state index contributed by atoms with van der Waals surface area (Å²) in [6.45, 7) is 1.95. The Hall–Kier alpha value is -1.63. The number of benzene rings is 1. The van der Waals surface area contributed by atoms with E-state index in [1.54, 1.807) is 54.2 Å². The van der Waals surface area contributed by atoms with Gasteiger partial charge in [-0.05, 0) is 36.2 Å². The number of aromatic nitrogens is 1. The largest absolute Gasteiger partial charge is 0.386 e. The lowest BCUT2D eigenvalue weighted by atomic mass is 10.2. The molecule has 1 aromatic carbocycles. The SMILES string of the molecule is CCc1ccc(S(=O)(=O)NCC(O)c2cccn2C)cc1. The standard InChI is InChI=1S/C15H20N2O3S/c1-3-12-6-8-13(9-7-12)21(19,20)16-11-15(18)14-5-4-10-17(14)2/h4-10,15-16,18H,3,11H2,1-2H3. The highest BCUT2D eigenvalue weighted by Crippen LogP contribution is 2.14. The first-order valence-corrected chi connectivity index (χ1v) is 8.30. The molecule has 1 heterocycles. The van der Waals surface area contributed by atoms with Gasteiger partial charge in [0.2, 0.25) is 10.0 Å². The number of aryl methyl sites for hydroxylation is 2. The molecule has 1 aromatic heterocycles. The van der Waals surface area contributed by atoms with E-state index in [1.807, 2.05) is 6.92 Å². The van der Waals surface area contributed by atoms with Crippen molar-refractivity contribution in [3.8, 4) is 0 Å². The first-order chi connectivity index (χ1) is 9.94. The summed E-state index contributed by atoms with van der Waals surface area (Å²) in [7, 11) is -1.80. The Labute approximate surface area is 125 Å². The molecule has 0 saturated carbocycles. The molecule has 0 radical (unpaired) electrons. The summed E-state index contributed by atoms with van der Waals surface area (Å²) in [6.07, 6.45) is 1.78. The highest BCUT2D eigenvalue weighted by Gasteiger charge is 2.17. The van der Waals surface area contributed by atoms with Crippen LogP contribution in [0.4, 0.5) is 0 Å². The summed E-state index contributed by atoms with van der Waals surface area (Å²) in [5, 5.41) is 10.0. The molecule has 0 bridgehead atoms. The number of nitrogens with zero attached hydrogens (tertiary/aromatic N) is 1. The van der Waals surface area contributed by atoms with Crippen molar-refractivity contribution in [2.45, 2.75) is 24.3 Å². The third-order valence-electron chi connectivity index (χ3n) is 3.43. The van der Waals surface area contributed by atoms with Crippen molar-refractivity contribution in [2.24, 2.45) is 7.05 Å². The average Bonchev–Trinajstić information content (AvgIpc) is 2.91. The fraction of sp³-hybridized carbons (Fsp3) is 0.333. The fourth-order valence-corrected chi connectivity index (χ4v) is 3.14. The van der Waals surface area contributed by atoms with Gasteiger partial charge in [-0.15, -0.1) is 0 Å². The molecule has 2 N–H and O–H groups in total. The summed E-state index contributed by atoms with van der Waals surface area (Å²) < 4.78 is 28.5. The van der Waals surface area contributed by atoms with E-state index in [4.69, 9.17) is 0 Å². The van der Waals surface area contributed by atoms with Gasteiger partial charge < -0.3 is 9.67 Å². The van der Waals surface area contributed by atoms with Crippen LogP contribution in [0.2, 0.25) is 0 Å². The van der Waals surface area contributed by atoms with Crippen molar-refractivity contribution >= 4 is 10.0 Å². The van der Waals surface area contributed by atoms with Gasteiger partial charge in [0.05, 0.1) is 4.90 Å². The summed E-state index contributed by atoms with van der Waals surface area (Å²) in [5.41, 5.74) is 1.75. The zero-order chi connectivity index (χ0) is 15.5. The van der Waals surface area contributed by atoms with Crippen molar-refractivity contribution in [2.75, 3.05) is 6.54 Å². The van der Waals surface area contributed by atoms with Crippen LogP contribution >= 0.6 is 0 Å². The first-order valence-electron chi connectivity index (χ1n) is 6.82. The minimum absolute atomic E-state index is 0.0598. The first kappa shape index (κ1) is 15.8. The molecule has 0 aliphatic heterocycles. The topological polar surface area (TPSA) is 71.3 Å². The molecule has 0 aliphatic rings. The van der Waals surface area contributed by atoms with Crippen LogP contribution in [-0.4, -0.2) is 24.6 Å². The van der Waals surface area contributed by atoms with Crippen molar-refractivity contribution in [3.05, 3.63) is 53.9 Å². The van der Waals surface area contributed by atoms with E-state index in [0.717, 1.165) is 12.0 Å². The summed E-state index contributed by atoms with van der Waals surface area (Å²) in [4.78, 5) is 0.207. The van der Waals surface area contributed by atoms with E-state index in [2.05, 4.69) is 4.72 Å². The molecule has 0 spiro atoms. The zero-order valence-electron chi connectivity index (χ0n) is 12.2. The molecule has 114 valence electrons. The van der Waals surface area contributed by atoms with E-state index in [9.17, 15) is 13.5 Å². The Morgan fingerprint density at radius 3 is 2.43 bits per heavy atom. The second-order valence-corrected chi connectivity index (χ2v) is 6.68. The van der Waals surface area contributed by atoms with Gasteiger partial charge in [0.15, 0.2) is 0 Å². The van der Waals surface area contributed by atoms with Crippen LogP contribution in [-0.2, 0) is 23.5 Å². The maximum Gasteiger partial charge on any atom is 0.240 e. The van der Waals surface area contributed by atoms with Gasteiger partial charge in [-0.25, -0.2) is 13.1 Å². The minimum atomic E-state index is -3.60. The van der Waals surface area contributed by atoms with E-state index in [0.29, 0.717) is 5.69 Å². The zero-order valence-corrected chi connectivity index (χ0v) is 13.0. The Bertz CT molecular complexity index is 690. The van der Waals surface area contributed by atoms with Crippen LogP contribution < -0.4 is 4.72 Å². The van der Waals surface area contributed by atoms with E-state index in [-0.39, 0.29) is 11.4 Å². The Morgan fingerprint density at radius 2 is 1.90 bits per heavy atom. The number of aliphatic hydroxyl groups is 1. The number of sulfonamides is 1. The van der Waals surface area contributed by atoms with Gasteiger partial charge in [0.25, 0.3) is 0 Å². The molecule has 0 saturated heterocycles. The molecule has 5 nitrogen and oxygen atoms in total. The lowest BCUT2D eigenvalue weighted by Crippen LogP contribution is -2.29. The highest BCUT2D eigenvalue weighted by atomic mass is 32.2. The molecule has 0 amide bonds. The number of nitrogens with one attached hydrogen (secondary N) is 1. The molecule has 0 fully saturated rings. The number of rotatable bonds is 6. The van der Waals surface area contributed by atoms with Crippen LogP contribution in [0.3, 0.4) is 0 Å². The Balaban J connectivity index is 2.05. The third-order valence-corrected chi connectivity index (χ3v) is 4.87. The predicted octanol–water partition coefficient (Wildman–Crippen LogP) is 1.60. The minimum Gasteiger partial charge on any atom is -0.386 e. The molecular weight excluding hydrogens is 288 g/mol. The van der Waals surface area contributed by atoms with Gasteiger partial charge in [0, 0.05) is 25.5 Å². The summed E-state index contributed by atoms with van der Waals surface area (Å²) in [5.74, 6) is 0. The Morgan fingerprint density at radius 1 is 1.24 bits per heavy atom. The second kappa shape index (κ2) is 6.43. The predicted molar refractivity (Wildman–Crippen MR) is 81.4 cm³/mol. The van der Waals surface area contributed by atoms with Crippen molar-refractivity contribution in [1.29, 1.82) is 0 Å². The number of aliphatic hydroxyl groups excluding tert-OH is 1. The van der Waals surface area contributed by atoms with Crippen molar-refractivity contribution in [1.82, 2.24) is 9.29 Å². The van der Waals surface area contributed by atoms with Crippen LogP contribution in [0, 0.1) is 0 Å². The van der Waals surface area contributed by atoms with Crippen LogP contribution in [0.25, 0.3) is 0 Å². The highest BCUT2D eigenvalue weighted by molar-refractivity contribution is 7.89. The summed E-state index contributed by atoms with van der Waals surface area (Å²) in [6, 6.07) is 10.3. The molecule has 1 unspecified atom stereocenters. The molecular formula is C15H20N2O3S. The van der Waals surface area contributed by atoms with Gasteiger partial charge in [-0.2, -0.15) is 0 Å². The molecule has 2 aromatic rings. The van der Waals surface area contributed by atoms with Crippen LogP contribution in [0.5, 0.6) is 0 Å². The molecule has 1 atom stereocenters. The van der Waals surface area contributed by atoms with Crippen LogP contribution in [0.15, 0.2) is 47.5 Å². The maximum absolute atomic E-state index is 12.2. The average molecular weight is 308 g/mol. The fourth-order valence-electron chi connectivity index (χ4n) is 2.10. The van der Waals surface area contributed by atoms with Gasteiger partial charge in [-0.1, -0.05) is 19.1 Å². The van der Waals surface area contributed by atoms with Crippen LogP contribution in [0.1, 0.15) is 24.3 Å². The maximum atomic E-state index is 12.2. The van der Waals surface area contributed by atoms with E-state index < -0.39 is 16.1 Å². The van der Waals surface area contributed by atoms with E-state index in [1.165, 1.54) is 0 Å². The third kappa shape index (κ3) is 3.72. The smallest absolute Gasteiger partial charge is 0.240 e. The number of hydrogen-bond donors (Lipinski definition) is 2. The monoisotopic (exact) mass is 308 g/mol. The second-order valence-electron chi connectivity index (χ2n) is 4.91. The van der Waals surface area contributed by atoms with Gasteiger partial charge in [-0.3, -0.25) is 0 Å². The molecule has 6 heteroatoms. The molecule has 0 aliphatic carbocycles. The number of hydrogen-bond acceptors (Lipinski definition) is 3. The summed E-state index contributed by atoms with van der Waals surface area (Å²) >= 11 is 0. The Kier molecular flexibility index (Phi) is 4.82. The lowest BCUT2D eigenvalue weighted by molar-refractivity contribution is 0.173. The van der Waals surface area contributed by atoms with Gasteiger partial charge >= 0.3 is 0 Å². The molecule has 21 heavy (non-hydrogen) atoms. The lowest BCUT2D eigenvalue weighted by Gasteiger charge is -2.13. The van der Waals surface area contributed by atoms with Gasteiger partial charge in [0.1, 0.15) is 6.10 Å². The quantitative estimate of drug-likeness (QED) is 0.851. The van der Waals surface area contributed by atoms with Crippen molar-refractivity contribution in [3.63, 3.8) is 0 Å². The van der Waals surface area contributed by atoms with E-state index >= 15 is 0 Å². The molecule has 2 rings (SSSR count).